The van der Waals surface area contributed by atoms with E-state index in [9.17, 15) is 28.8 Å². The molecule has 11 heteroatoms. The van der Waals surface area contributed by atoms with Gasteiger partial charge in [-0.25, -0.2) is 0 Å². The van der Waals surface area contributed by atoms with Gasteiger partial charge in [-0.15, -0.1) is 0 Å². The van der Waals surface area contributed by atoms with Crippen molar-refractivity contribution in [3.8, 4) is 0 Å². The normalized spacial score (nSPS) is 20.0. The summed E-state index contributed by atoms with van der Waals surface area (Å²) in [7, 11) is 0. The van der Waals surface area contributed by atoms with Gasteiger partial charge in [0, 0.05) is 30.7 Å². The number of amides is 2. The zero-order valence-corrected chi connectivity index (χ0v) is 17.5. The summed E-state index contributed by atoms with van der Waals surface area (Å²) in [5.74, 6) is -2.68. The second-order valence-corrected chi connectivity index (χ2v) is 8.34. The van der Waals surface area contributed by atoms with Gasteiger partial charge in [0.1, 0.15) is 25.2 Å². The lowest BCUT2D eigenvalue weighted by Gasteiger charge is -2.32. The molecule has 162 valence electrons. The van der Waals surface area contributed by atoms with E-state index in [1.165, 1.54) is 20.8 Å². The summed E-state index contributed by atoms with van der Waals surface area (Å²) in [6.07, 6.45) is -2.31. The molecule has 0 saturated carbocycles. The van der Waals surface area contributed by atoms with Gasteiger partial charge in [0.15, 0.2) is 11.2 Å². The Labute approximate surface area is 172 Å². The minimum Gasteiger partial charge on any atom is -0.465 e. The minimum absolute atomic E-state index is 0.0129. The lowest BCUT2D eigenvalue weighted by atomic mass is 9.86. The number of cyclic esters (lactones) is 1. The summed E-state index contributed by atoms with van der Waals surface area (Å²) >= 11 is 0.882. The smallest absolute Gasteiger partial charge is 0.315 e. The predicted octanol–water partition coefficient (Wildman–Crippen LogP) is -0.267. The summed E-state index contributed by atoms with van der Waals surface area (Å²) in [5.41, 5.74) is -1.15. The fourth-order valence-corrected chi connectivity index (χ4v) is 2.99. The number of nitrogens with one attached hydrogen (secondary N) is 2. The molecule has 0 aliphatic carbocycles. The van der Waals surface area contributed by atoms with Crippen LogP contribution >= 0.6 is 11.8 Å². The molecular weight excluding hydrogens is 404 g/mol. The van der Waals surface area contributed by atoms with Crippen molar-refractivity contribution in [2.75, 3.05) is 25.4 Å². The third-order valence-electron chi connectivity index (χ3n) is 3.82. The highest BCUT2D eigenvalue weighted by Gasteiger charge is 2.40. The van der Waals surface area contributed by atoms with E-state index in [4.69, 9.17) is 9.47 Å². The molecule has 1 atom stereocenters. The number of ketones is 1. The van der Waals surface area contributed by atoms with Gasteiger partial charge in [-0.1, -0.05) is 25.6 Å². The number of carbonyl (C=O) groups is 6. The topological polar surface area (TPSA) is 145 Å². The van der Waals surface area contributed by atoms with E-state index in [-0.39, 0.29) is 37.8 Å². The molecule has 0 aromatic rings. The average Bonchev–Trinajstić information content (AvgIpc) is 2.60. The molecular formula is C18H26N2O8S. The van der Waals surface area contributed by atoms with Gasteiger partial charge in [0.2, 0.25) is 5.91 Å². The summed E-state index contributed by atoms with van der Waals surface area (Å²) in [5, 5.41) is 4.67. The van der Waals surface area contributed by atoms with Crippen LogP contribution in [-0.2, 0) is 38.2 Å². The van der Waals surface area contributed by atoms with Crippen molar-refractivity contribution < 1.29 is 38.2 Å². The van der Waals surface area contributed by atoms with Crippen molar-refractivity contribution in [1.29, 1.82) is 0 Å². The Morgan fingerprint density at radius 2 is 1.86 bits per heavy atom. The predicted molar refractivity (Wildman–Crippen MR) is 103 cm³/mol. The maximum absolute atomic E-state index is 12.6. The quantitative estimate of drug-likeness (QED) is 0.445. The molecule has 1 fully saturated rings. The Kier molecular flexibility index (Phi) is 9.79. The van der Waals surface area contributed by atoms with Crippen molar-refractivity contribution in [1.82, 2.24) is 10.6 Å². The lowest BCUT2D eigenvalue weighted by molar-refractivity contribution is -0.169. The number of hydrogen-bond donors (Lipinski definition) is 2. The van der Waals surface area contributed by atoms with Crippen LogP contribution in [0.25, 0.3) is 0 Å². The van der Waals surface area contributed by atoms with Crippen LogP contribution in [0.5, 0.6) is 0 Å². The SMILES string of the molecule is CC(=O)CC(=O)OCC(C)(C)[C@H]1OC(=O)CC(=O)SCCNC(=O)CCNC1=O. The van der Waals surface area contributed by atoms with Crippen molar-refractivity contribution in [3.63, 3.8) is 0 Å². The van der Waals surface area contributed by atoms with Gasteiger partial charge in [-0.3, -0.25) is 28.8 Å². The number of carbonyl (C=O) groups excluding carboxylic acids is 6. The van der Waals surface area contributed by atoms with Crippen molar-refractivity contribution in [2.45, 2.75) is 46.1 Å². The molecule has 10 nitrogen and oxygen atoms in total. The maximum Gasteiger partial charge on any atom is 0.315 e. The third-order valence-corrected chi connectivity index (χ3v) is 4.70. The number of thioether (sulfide) groups is 1. The lowest BCUT2D eigenvalue weighted by Crippen LogP contribution is -2.49. The van der Waals surface area contributed by atoms with E-state index < -0.39 is 47.3 Å². The molecule has 1 aliphatic rings. The van der Waals surface area contributed by atoms with E-state index in [0.29, 0.717) is 5.75 Å². The molecule has 2 N–H and O–H groups in total. The number of rotatable bonds is 5. The molecule has 2 amide bonds. The first-order chi connectivity index (χ1) is 13.5. The minimum atomic E-state index is -1.37. The molecule has 0 unspecified atom stereocenters. The van der Waals surface area contributed by atoms with Gasteiger partial charge in [-0.05, 0) is 6.92 Å². The number of esters is 2. The van der Waals surface area contributed by atoms with Crippen LogP contribution in [-0.4, -0.2) is 66.2 Å². The van der Waals surface area contributed by atoms with Crippen LogP contribution in [0.4, 0.5) is 0 Å². The van der Waals surface area contributed by atoms with Gasteiger partial charge in [-0.2, -0.15) is 0 Å². The van der Waals surface area contributed by atoms with E-state index in [2.05, 4.69) is 10.6 Å². The van der Waals surface area contributed by atoms with Crippen molar-refractivity contribution in [3.05, 3.63) is 0 Å². The highest BCUT2D eigenvalue weighted by Crippen LogP contribution is 2.25. The van der Waals surface area contributed by atoms with Crippen LogP contribution in [0.1, 0.15) is 40.0 Å². The first-order valence-electron chi connectivity index (χ1n) is 9.06. The second-order valence-electron chi connectivity index (χ2n) is 7.19. The third kappa shape index (κ3) is 9.55. The number of ether oxygens (including phenoxy) is 2. The fourth-order valence-electron chi connectivity index (χ4n) is 2.34. The largest absolute Gasteiger partial charge is 0.465 e. The number of hydrogen-bond acceptors (Lipinski definition) is 9. The average molecular weight is 430 g/mol. The molecule has 29 heavy (non-hydrogen) atoms. The monoisotopic (exact) mass is 430 g/mol. The first-order valence-corrected chi connectivity index (χ1v) is 10.0. The Balaban J connectivity index is 2.90. The summed E-state index contributed by atoms with van der Waals surface area (Å²) in [6.45, 7) is 4.30. The van der Waals surface area contributed by atoms with E-state index in [0.717, 1.165) is 11.8 Å². The van der Waals surface area contributed by atoms with E-state index >= 15 is 0 Å². The molecule has 1 rings (SSSR count). The van der Waals surface area contributed by atoms with E-state index in [1.807, 2.05) is 0 Å². The summed E-state index contributed by atoms with van der Waals surface area (Å²) < 4.78 is 10.3. The zero-order valence-electron chi connectivity index (χ0n) is 16.7. The second kappa shape index (κ2) is 11.5. The van der Waals surface area contributed by atoms with Crippen LogP contribution in [0, 0.1) is 5.41 Å². The molecule has 1 aliphatic heterocycles. The first kappa shape index (κ1) is 24.6. The highest BCUT2D eigenvalue weighted by molar-refractivity contribution is 8.13. The van der Waals surface area contributed by atoms with Gasteiger partial charge < -0.3 is 20.1 Å². The summed E-state index contributed by atoms with van der Waals surface area (Å²) in [6, 6.07) is 0. The molecule has 0 bridgehead atoms. The van der Waals surface area contributed by atoms with Crippen LogP contribution in [0.3, 0.4) is 0 Å². The van der Waals surface area contributed by atoms with Crippen LogP contribution in [0.15, 0.2) is 0 Å². The highest BCUT2D eigenvalue weighted by atomic mass is 32.2. The van der Waals surface area contributed by atoms with Crippen LogP contribution in [0.2, 0.25) is 0 Å². The van der Waals surface area contributed by atoms with Gasteiger partial charge in [0.05, 0.1) is 0 Å². The van der Waals surface area contributed by atoms with Crippen LogP contribution < -0.4 is 10.6 Å². The summed E-state index contributed by atoms with van der Waals surface area (Å²) in [4.78, 5) is 70.9. The van der Waals surface area contributed by atoms with Crippen molar-refractivity contribution >= 4 is 46.4 Å². The Hall–Kier alpha value is -2.43. The maximum atomic E-state index is 12.6. The standard InChI is InChI=1S/C18H26N2O8S/c1-11(21)8-13(23)27-10-18(2,3)16-17(26)20-5-4-12(22)19-6-7-29-15(25)9-14(24)28-16/h16H,4-10H2,1-3H3,(H,19,22)(H,20,26)/t16-/m0/s1. The Bertz CT molecular complexity index is 677. The molecule has 0 radical (unpaired) electrons. The molecule has 1 heterocycles. The van der Waals surface area contributed by atoms with E-state index in [1.54, 1.807) is 0 Å². The zero-order chi connectivity index (χ0) is 22.0. The molecule has 0 aromatic carbocycles. The Morgan fingerprint density at radius 1 is 1.17 bits per heavy atom. The number of Topliss-reactive ketones (excluding diaryl/α,β-unsaturated/α-hetero) is 1. The van der Waals surface area contributed by atoms with Gasteiger partial charge >= 0.3 is 11.9 Å². The molecule has 1 saturated heterocycles. The van der Waals surface area contributed by atoms with Gasteiger partial charge in [0.25, 0.3) is 5.91 Å². The Morgan fingerprint density at radius 3 is 2.52 bits per heavy atom. The fraction of sp³-hybridized carbons (Fsp3) is 0.667. The molecule has 0 aromatic heterocycles. The molecule has 0 spiro atoms. The van der Waals surface area contributed by atoms with Crippen molar-refractivity contribution in [2.24, 2.45) is 5.41 Å².